The predicted octanol–water partition coefficient (Wildman–Crippen LogP) is 15.9. The molecule has 3 N–H and O–H groups in total. The van der Waals surface area contributed by atoms with Gasteiger partial charge in [0.25, 0.3) is 0 Å². The summed E-state index contributed by atoms with van der Waals surface area (Å²) in [6, 6.07) is 0. The Morgan fingerprint density at radius 2 is 0.802 bits per heavy atom. The van der Waals surface area contributed by atoms with Gasteiger partial charge in [0.15, 0.2) is 24.6 Å². The number of carboxylic acids is 1. The minimum Gasteiger partial charge on any atom is -0.479 e. The van der Waals surface area contributed by atoms with E-state index in [1.54, 1.807) is 6.08 Å². The molecule has 1 rings (SSSR count). The van der Waals surface area contributed by atoms with Gasteiger partial charge in [-0.05, 0) is 116 Å². The molecule has 450 valence electrons. The third-order valence-corrected chi connectivity index (χ3v) is 12.3. The summed E-state index contributed by atoms with van der Waals surface area (Å²) in [6.07, 6.45) is 69.3. The minimum absolute atomic E-state index is 0.0865. The molecular formula is C69H102O12. The van der Waals surface area contributed by atoms with E-state index in [2.05, 4.69) is 148 Å². The van der Waals surface area contributed by atoms with Crippen molar-refractivity contribution in [3.05, 3.63) is 170 Å². The van der Waals surface area contributed by atoms with Crippen LogP contribution in [0.4, 0.5) is 0 Å². The monoisotopic (exact) mass is 1120 g/mol. The highest BCUT2D eigenvalue weighted by atomic mass is 16.7. The Hall–Kier alpha value is -5.92. The quantitative estimate of drug-likeness (QED) is 0.0228. The molecule has 0 saturated carbocycles. The van der Waals surface area contributed by atoms with Gasteiger partial charge in [-0.25, -0.2) is 4.79 Å². The number of aliphatic carboxylic acids is 1. The molecule has 0 radical (unpaired) electrons. The predicted molar refractivity (Wildman–Crippen MR) is 330 cm³/mol. The molecule has 12 nitrogen and oxygen atoms in total. The van der Waals surface area contributed by atoms with Crippen molar-refractivity contribution in [2.45, 2.75) is 225 Å². The van der Waals surface area contributed by atoms with Crippen molar-refractivity contribution < 1.29 is 58.2 Å². The van der Waals surface area contributed by atoms with Crippen LogP contribution in [0.5, 0.6) is 0 Å². The molecule has 1 fully saturated rings. The molecule has 6 unspecified atom stereocenters. The van der Waals surface area contributed by atoms with Crippen molar-refractivity contribution in [2.24, 2.45) is 0 Å². The maximum atomic E-state index is 13.1. The SMILES string of the molecule is CC/C=C\C/C=C\C/C=C\C/C=C\C/C=C\C/C=C\CCC(=O)OC1C(OCC(COC(=O)CCCCCCCCC/C=C\C/C=C\C/C=C\CC)OC(=O)C/C=C\C/C=C\C/C=C\C/C=C\C/C=C\CC)OC(C(=O)O)C(O)C1O. The lowest BCUT2D eigenvalue weighted by molar-refractivity contribution is -0.301. The second kappa shape index (κ2) is 54.7. The van der Waals surface area contributed by atoms with E-state index in [-0.39, 0.29) is 25.9 Å². The van der Waals surface area contributed by atoms with Crippen molar-refractivity contribution in [3.8, 4) is 0 Å². The van der Waals surface area contributed by atoms with Crippen LogP contribution in [0.25, 0.3) is 0 Å². The van der Waals surface area contributed by atoms with Crippen LogP contribution in [-0.2, 0) is 42.9 Å². The largest absolute Gasteiger partial charge is 0.479 e. The number of carboxylic acid groups (broad SMARTS) is 1. The molecule has 1 aliphatic rings. The summed E-state index contributed by atoms with van der Waals surface area (Å²) >= 11 is 0. The van der Waals surface area contributed by atoms with Gasteiger partial charge in [-0.1, -0.05) is 223 Å². The van der Waals surface area contributed by atoms with E-state index in [9.17, 15) is 34.5 Å². The summed E-state index contributed by atoms with van der Waals surface area (Å²) in [5.74, 6) is -3.44. The summed E-state index contributed by atoms with van der Waals surface area (Å²) in [6.45, 7) is 5.51. The highest BCUT2D eigenvalue weighted by Crippen LogP contribution is 2.26. The molecule has 0 amide bonds. The maximum absolute atomic E-state index is 13.1. The third-order valence-electron chi connectivity index (χ3n) is 12.3. The number of ether oxygens (including phenoxy) is 5. The van der Waals surface area contributed by atoms with Gasteiger partial charge < -0.3 is 39.0 Å². The standard InChI is InChI=1S/C69H102O12/c1-4-7-10-13-16-19-22-25-28-30-31-33-36-39-42-45-48-51-54-57-63(72)80-67-65(74)64(73)66(68(75)76)81-69(67)78-59-60(79-62(71)56-53-50-47-44-41-38-34-27-24-21-18-15-12-9-6-3)58-77-61(70)55-52-49-46-43-40-37-35-32-29-26-23-20-17-14-11-8-5-2/h7-12,16-21,25-29,31,33-34,39,41-42,44,48,50-51,53,60,64-67,69,73-74H,4-6,13-15,22-24,30,32,35-38,40,43,45-47,49,52,54-59H2,1-3H3,(H,75,76)/b10-7-,11-8-,12-9-,19-16-,20-17-,21-18-,28-25-,29-26-,33-31-,34-27-,42-39-,44-41-,51-48-,53-50-. The lowest BCUT2D eigenvalue weighted by Gasteiger charge is -2.40. The van der Waals surface area contributed by atoms with Crippen LogP contribution in [-0.4, -0.2) is 89.2 Å². The molecule has 0 spiro atoms. The Morgan fingerprint density at radius 3 is 1.23 bits per heavy atom. The molecule has 1 heterocycles. The van der Waals surface area contributed by atoms with Gasteiger partial charge in [-0.2, -0.15) is 0 Å². The molecule has 0 aliphatic carbocycles. The molecular weight excluding hydrogens is 1020 g/mol. The number of hydrogen-bond acceptors (Lipinski definition) is 11. The number of carbonyl (C=O) groups excluding carboxylic acids is 3. The summed E-state index contributed by atoms with van der Waals surface area (Å²) in [5, 5.41) is 31.5. The molecule has 0 bridgehead atoms. The Bertz CT molecular complexity index is 2060. The molecule has 6 atom stereocenters. The first kappa shape index (κ1) is 73.1. The van der Waals surface area contributed by atoms with Crippen LogP contribution in [0.1, 0.15) is 188 Å². The molecule has 12 heteroatoms. The number of carbonyl (C=O) groups is 4. The summed E-state index contributed by atoms with van der Waals surface area (Å²) in [7, 11) is 0. The number of aliphatic hydroxyl groups excluding tert-OH is 2. The number of esters is 3. The van der Waals surface area contributed by atoms with Gasteiger partial charge >= 0.3 is 23.9 Å². The van der Waals surface area contributed by atoms with E-state index in [0.717, 1.165) is 122 Å². The van der Waals surface area contributed by atoms with Crippen LogP contribution in [0.2, 0.25) is 0 Å². The Balaban J connectivity index is 2.79. The van der Waals surface area contributed by atoms with Gasteiger partial charge in [-0.15, -0.1) is 0 Å². The van der Waals surface area contributed by atoms with Gasteiger partial charge in [0.1, 0.15) is 18.8 Å². The van der Waals surface area contributed by atoms with Crippen LogP contribution < -0.4 is 0 Å². The lowest BCUT2D eigenvalue weighted by Crippen LogP contribution is -2.61. The van der Waals surface area contributed by atoms with Gasteiger partial charge in [-0.3, -0.25) is 14.4 Å². The fourth-order valence-corrected chi connectivity index (χ4v) is 7.83. The average Bonchev–Trinajstić information content (AvgIpc) is 3.54. The van der Waals surface area contributed by atoms with Crippen LogP contribution in [0, 0.1) is 0 Å². The smallest absolute Gasteiger partial charge is 0.335 e. The van der Waals surface area contributed by atoms with E-state index < -0.39 is 67.3 Å². The van der Waals surface area contributed by atoms with Gasteiger partial charge in [0, 0.05) is 12.8 Å². The lowest BCUT2D eigenvalue weighted by atomic mass is 9.98. The van der Waals surface area contributed by atoms with Crippen LogP contribution >= 0.6 is 0 Å². The van der Waals surface area contributed by atoms with Crippen molar-refractivity contribution in [2.75, 3.05) is 13.2 Å². The number of unbranched alkanes of at least 4 members (excludes halogenated alkanes) is 7. The van der Waals surface area contributed by atoms with Crippen LogP contribution in [0.15, 0.2) is 170 Å². The highest BCUT2D eigenvalue weighted by Gasteiger charge is 2.50. The zero-order valence-corrected chi connectivity index (χ0v) is 49.4. The van der Waals surface area contributed by atoms with Gasteiger partial charge in [0.05, 0.1) is 13.0 Å². The topological polar surface area (TPSA) is 175 Å². The van der Waals surface area contributed by atoms with Crippen molar-refractivity contribution in [3.63, 3.8) is 0 Å². The summed E-state index contributed by atoms with van der Waals surface area (Å²) < 4.78 is 28.2. The Kier molecular flexibility index (Phi) is 49.3. The average molecular weight is 1120 g/mol. The first-order valence-corrected chi connectivity index (χ1v) is 30.1. The van der Waals surface area contributed by atoms with E-state index in [1.165, 1.54) is 0 Å². The number of rotatable bonds is 48. The van der Waals surface area contributed by atoms with Gasteiger partial charge in [0.2, 0.25) is 0 Å². The molecule has 0 aromatic carbocycles. The second-order valence-corrected chi connectivity index (χ2v) is 19.5. The van der Waals surface area contributed by atoms with E-state index in [1.807, 2.05) is 36.5 Å². The zero-order chi connectivity index (χ0) is 58.9. The maximum Gasteiger partial charge on any atom is 0.335 e. The highest BCUT2D eigenvalue weighted by molar-refractivity contribution is 5.74. The first-order valence-electron chi connectivity index (χ1n) is 30.1. The minimum atomic E-state index is -1.95. The summed E-state index contributed by atoms with van der Waals surface area (Å²) in [5.41, 5.74) is 0. The van der Waals surface area contributed by atoms with E-state index >= 15 is 0 Å². The Labute approximate surface area is 487 Å². The molecule has 1 aliphatic heterocycles. The second-order valence-electron chi connectivity index (χ2n) is 19.5. The molecule has 81 heavy (non-hydrogen) atoms. The third kappa shape index (κ3) is 44.4. The number of hydrogen-bond donors (Lipinski definition) is 3. The summed E-state index contributed by atoms with van der Waals surface area (Å²) in [4.78, 5) is 51.1. The van der Waals surface area contributed by atoms with E-state index in [4.69, 9.17) is 23.7 Å². The van der Waals surface area contributed by atoms with E-state index in [0.29, 0.717) is 25.7 Å². The first-order chi connectivity index (χ1) is 39.6. The molecule has 0 aromatic rings. The number of allylic oxidation sites excluding steroid dienone is 27. The fourth-order valence-electron chi connectivity index (χ4n) is 7.83. The zero-order valence-electron chi connectivity index (χ0n) is 49.4. The Morgan fingerprint density at radius 1 is 0.420 bits per heavy atom. The normalized spacial score (nSPS) is 19.0. The fraction of sp³-hybridized carbons (Fsp3) is 0.536. The van der Waals surface area contributed by atoms with Crippen LogP contribution in [0.3, 0.4) is 0 Å². The molecule has 0 aromatic heterocycles. The molecule has 1 saturated heterocycles. The van der Waals surface area contributed by atoms with Crippen molar-refractivity contribution in [1.82, 2.24) is 0 Å². The number of aliphatic hydroxyl groups is 2. The van der Waals surface area contributed by atoms with Crippen molar-refractivity contribution in [1.29, 1.82) is 0 Å². The van der Waals surface area contributed by atoms with Crippen molar-refractivity contribution >= 4 is 23.9 Å².